The smallest absolute Gasteiger partial charge is 0.0829 e. The Labute approximate surface area is 136 Å². The molecule has 0 N–H and O–H groups in total. The molecule has 1 aliphatic heterocycles. The maximum atomic E-state index is 4.51. The molecule has 0 radical (unpaired) electrons. The van der Waals surface area contributed by atoms with Crippen LogP contribution in [-0.2, 0) is 7.05 Å². The molecule has 1 aromatic heterocycles. The average Bonchev–Trinajstić information content (AvgIpc) is 2.76. The molecule has 0 amide bonds. The summed E-state index contributed by atoms with van der Waals surface area (Å²) in [6.07, 6.45) is 9.63. The first kappa shape index (κ1) is 17.3. The van der Waals surface area contributed by atoms with Gasteiger partial charge in [0, 0.05) is 20.6 Å². The van der Waals surface area contributed by atoms with E-state index in [1.807, 2.05) is 11.7 Å². The van der Waals surface area contributed by atoms with Crippen LogP contribution in [0.15, 0.2) is 0 Å². The number of nitrogens with zero attached hydrogens (tertiary/aromatic N) is 4. The first-order chi connectivity index (χ1) is 10.6. The normalized spacial score (nSPS) is 16.2. The van der Waals surface area contributed by atoms with E-state index in [0.29, 0.717) is 0 Å². The second-order valence-electron chi connectivity index (χ2n) is 6.88. The fourth-order valence-electron chi connectivity index (χ4n) is 3.65. The predicted octanol–water partition coefficient (Wildman–Crippen LogP) is 3.52. The molecular formula is C18H34N4. The minimum Gasteiger partial charge on any atom is -0.372 e. The van der Waals surface area contributed by atoms with E-state index in [1.54, 1.807) is 0 Å². The van der Waals surface area contributed by atoms with E-state index in [-0.39, 0.29) is 0 Å². The van der Waals surface area contributed by atoms with Gasteiger partial charge in [-0.05, 0) is 59.2 Å². The maximum Gasteiger partial charge on any atom is 0.0829 e. The van der Waals surface area contributed by atoms with Crippen molar-refractivity contribution in [3.05, 3.63) is 11.4 Å². The number of hydrogen-bond acceptors (Lipinski definition) is 3. The highest BCUT2D eigenvalue weighted by molar-refractivity contribution is 5.53. The topological polar surface area (TPSA) is 24.3 Å². The van der Waals surface area contributed by atoms with Crippen molar-refractivity contribution in [2.75, 3.05) is 38.1 Å². The number of piperidine rings is 1. The van der Waals surface area contributed by atoms with Gasteiger partial charge >= 0.3 is 0 Å². The van der Waals surface area contributed by atoms with Crippen molar-refractivity contribution in [1.29, 1.82) is 0 Å². The summed E-state index contributed by atoms with van der Waals surface area (Å²) in [4.78, 5) is 5.03. The summed E-state index contributed by atoms with van der Waals surface area (Å²) in [6, 6.07) is 0. The molecule has 0 spiro atoms. The standard InChI is InChI=1S/C18H34N4/c1-16-18(17(2)21(4)19-16)20(3)12-8-5-6-9-13-22-14-10-7-11-15-22/h5-15H2,1-4H3. The zero-order valence-corrected chi connectivity index (χ0v) is 15.1. The van der Waals surface area contributed by atoms with Crippen molar-refractivity contribution in [2.45, 2.75) is 58.8 Å². The maximum absolute atomic E-state index is 4.51. The number of unbranched alkanes of at least 4 members (excludes halogenated alkanes) is 3. The fourth-order valence-corrected chi connectivity index (χ4v) is 3.65. The predicted molar refractivity (Wildman–Crippen MR) is 94.7 cm³/mol. The Balaban J connectivity index is 1.60. The van der Waals surface area contributed by atoms with Crippen molar-refractivity contribution >= 4 is 5.69 Å². The van der Waals surface area contributed by atoms with Gasteiger partial charge in [-0.3, -0.25) is 4.68 Å². The summed E-state index contributed by atoms with van der Waals surface area (Å²) in [5, 5.41) is 4.51. The number of likely N-dealkylation sites (tertiary alicyclic amines) is 1. The van der Waals surface area contributed by atoms with Gasteiger partial charge in [-0.1, -0.05) is 19.3 Å². The molecule has 1 aliphatic rings. The Bertz CT molecular complexity index is 446. The lowest BCUT2D eigenvalue weighted by Gasteiger charge is -2.26. The average molecular weight is 306 g/mol. The van der Waals surface area contributed by atoms with Gasteiger partial charge in [0.15, 0.2) is 0 Å². The van der Waals surface area contributed by atoms with Crippen LogP contribution in [0.3, 0.4) is 0 Å². The molecule has 22 heavy (non-hydrogen) atoms. The summed E-state index contributed by atoms with van der Waals surface area (Å²) < 4.78 is 1.99. The van der Waals surface area contributed by atoms with Crippen LogP contribution >= 0.6 is 0 Å². The minimum atomic E-state index is 1.14. The highest BCUT2D eigenvalue weighted by Crippen LogP contribution is 2.22. The zero-order chi connectivity index (χ0) is 15.9. The largest absolute Gasteiger partial charge is 0.372 e. The van der Waals surface area contributed by atoms with Crippen LogP contribution in [0.25, 0.3) is 0 Å². The molecule has 0 saturated carbocycles. The Morgan fingerprint density at radius 2 is 1.68 bits per heavy atom. The number of hydrogen-bond donors (Lipinski definition) is 0. The molecule has 2 rings (SSSR count). The second kappa shape index (κ2) is 8.56. The van der Waals surface area contributed by atoms with Crippen molar-refractivity contribution in [2.24, 2.45) is 7.05 Å². The van der Waals surface area contributed by atoms with Gasteiger partial charge in [0.2, 0.25) is 0 Å². The summed E-state index contributed by atoms with van der Waals surface area (Å²) >= 11 is 0. The van der Waals surface area contributed by atoms with Gasteiger partial charge in [0.25, 0.3) is 0 Å². The lowest BCUT2D eigenvalue weighted by Crippen LogP contribution is -2.30. The van der Waals surface area contributed by atoms with Gasteiger partial charge in [0.1, 0.15) is 0 Å². The third kappa shape index (κ3) is 4.73. The van der Waals surface area contributed by atoms with Crippen LogP contribution in [0.1, 0.15) is 56.3 Å². The molecule has 1 saturated heterocycles. The number of rotatable bonds is 8. The van der Waals surface area contributed by atoms with Crippen molar-refractivity contribution in [3.63, 3.8) is 0 Å². The van der Waals surface area contributed by atoms with E-state index in [2.05, 4.69) is 35.8 Å². The summed E-state index contributed by atoms with van der Waals surface area (Å²) in [7, 11) is 4.23. The van der Waals surface area contributed by atoms with Crippen LogP contribution in [0.5, 0.6) is 0 Å². The Morgan fingerprint density at radius 1 is 1.00 bits per heavy atom. The van der Waals surface area contributed by atoms with Crippen LogP contribution in [-0.4, -0.2) is 47.9 Å². The van der Waals surface area contributed by atoms with Gasteiger partial charge in [0.05, 0.1) is 17.1 Å². The first-order valence-electron chi connectivity index (χ1n) is 9.03. The highest BCUT2D eigenvalue weighted by atomic mass is 15.3. The Morgan fingerprint density at radius 3 is 2.32 bits per heavy atom. The Hall–Kier alpha value is -1.03. The van der Waals surface area contributed by atoms with Gasteiger partial charge in [-0.25, -0.2) is 0 Å². The van der Waals surface area contributed by atoms with E-state index < -0.39 is 0 Å². The zero-order valence-electron chi connectivity index (χ0n) is 15.1. The van der Waals surface area contributed by atoms with Crippen molar-refractivity contribution in [3.8, 4) is 0 Å². The van der Waals surface area contributed by atoms with E-state index >= 15 is 0 Å². The molecular weight excluding hydrogens is 272 g/mol. The third-order valence-electron chi connectivity index (χ3n) is 5.02. The molecule has 0 aromatic carbocycles. The minimum absolute atomic E-state index is 1.14. The van der Waals surface area contributed by atoms with E-state index in [1.165, 1.54) is 76.0 Å². The first-order valence-corrected chi connectivity index (χ1v) is 9.03. The summed E-state index contributed by atoms with van der Waals surface area (Å²) in [5.41, 5.74) is 3.73. The summed E-state index contributed by atoms with van der Waals surface area (Å²) in [6.45, 7) is 9.39. The molecule has 0 bridgehead atoms. The molecule has 1 fully saturated rings. The van der Waals surface area contributed by atoms with E-state index in [4.69, 9.17) is 0 Å². The van der Waals surface area contributed by atoms with Gasteiger partial charge in [-0.15, -0.1) is 0 Å². The van der Waals surface area contributed by atoms with Crippen LogP contribution in [0.2, 0.25) is 0 Å². The van der Waals surface area contributed by atoms with Crippen LogP contribution in [0, 0.1) is 13.8 Å². The monoisotopic (exact) mass is 306 g/mol. The van der Waals surface area contributed by atoms with E-state index in [9.17, 15) is 0 Å². The van der Waals surface area contributed by atoms with Crippen molar-refractivity contribution < 1.29 is 0 Å². The van der Waals surface area contributed by atoms with Crippen molar-refractivity contribution in [1.82, 2.24) is 14.7 Å². The fraction of sp³-hybridized carbons (Fsp3) is 0.833. The molecule has 1 aromatic rings. The quantitative estimate of drug-likeness (QED) is 0.687. The molecule has 0 aliphatic carbocycles. The Kier molecular flexibility index (Phi) is 6.74. The van der Waals surface area contributed by atoms with E-state index in [0.717, 1.165) is 12.2 Å². The molecule has 4 heteroatoms. The molecule has 0 atom stereocenters. The highest BCUT2D eigenvalue weighted by Gasteiger charge is 2.13. The second-order valence-corrected chi connectivity index (χ2v) is 6.88. The van der Waals surface area contributed by atoms with Crippen LogP contribution in [0.4, 0.5) is 5.69 Å². The number of aryl methyl sites for hydroxylation is 2. The third-order valence-corrected chi connectivity index (χ3v) is 5.02. The summed E-state index contributed by atoms with van der Waals surface area (Å²) in [5.74, 6) is 0. The van der Waals surface area contributed by atoms with Gasteiger partial charge < -0.3 is 9.80 Å². The SMILES string of the molecule is Cc1nn(C)c(C)c1N(C)CCCCCCN1CCCCC1. The van der Waals surface area contributed by atoms with Crippen LogP contribution < -0.4 is 4.90 Å². The lowest BCUT2D eigenvalue weighted by molar-refractivity contribution is 0.224. The molecule has 126 valence electrons. The van der Waals surface area contributed by atoms with Gasteiger partial charge in [-0.2, -0.15) is 5.10 Å². The lowest BCUT2D eigenvalue weighted by atomic mass is 10.1. The number of aromatic nitrogens is 2. The molecule has 4 nitrogen and oxygen atoms in total. The molecule has 2 heterocycles. The number of anilines is 1. The molecule has 0 unspecified atom stereocenters.